The normalized spacial score (nSPS) is 12.3. The Morgan fingerprint density at radius 2 is 1.87 bits per heavy atom. The Morgan fingerprint density at radius 3 is 2.52 bits per heavy atom. The first-order valence-corrected chi connectivity index (χ1v) is 11.7. The fourth-order valence-corrected chi connectivity index (χ4v) is 5.10. The van der Waals surface area contributed by atoms with Gasteiger partial charge in [0.15, 0.2) is 0 Å². The molecule has 168 valence electrons. The summed E-state index contributed by atoms with van der Waals surface area (Å²) in [5.74, 6) is 1.10. The maximum atomic E-state index is 13.1. The molecule has 0 atom stereocenters. The van der Waals surface area contributed by atoms with E-state index in [0.29, 0.717) is 17.3 Å². The number of halogens is 1. The zero-order valence-electron chi connectivity index (χ0n) is 18.4. The molecule has 11 heteroatoms. The summed E-state index contributed by atoms with van der Waals surface area (Å²) >= 11 is 6.19. The lowest BCUT2D eigenvalue weighted by molar-refractivity contribution is 0.405. The minimum absolute atomic E-state index is 0.00184. The van der Waals surface area contributed by atoms with Gasteiger partial charge in [0.25, 0.3) is 0 Å². The van der Waals surface area contributed by atoms with Crippen molar-refractivity contribution in [2.24, 2.45) is 7.05 Å². The number of sulfonamides is 1. The van der Waals surface area contributed by atoms with Gasteiger partial charge >= 0.3 is 0 Å². The minimum Gasteiger partial charge on any atom is -0.369 e. The highest BCUT2D eigenvalue weighted by Crippen LogP contribution is 2.28. The highest BCUT2D eigenvalue weighted by molar-refractivity contribution is 7.89. The third kappa shape index (κ3) is 5.15. The summed E-state index contributed by atoms with van der Waals surface area (Å²) in [6.07, 6.45) is 0.952. The van der Waals surface area contributed by atoms with Crippen LogP contribution in [-0.2, 0) is 23.6 Å². The lowest BCUT2D eigenvalue weighted by Gasteiger charge is -2.18. The average Bonchev–Trinajstić information content (AvgIpc) is 2.96. The number of benzene rings is 1. The summed E-state index contributed by atoms with van der Waals surface area (Å²) in [6, 6.07) is 7.67. The molecular formula is C20H28ClN7O2S. The monoisotopic (exact) mass is 465 g/mol. The van der Waals surface area contributed by atoms with E-state index < -0.39 is 10.0 Å². The summed E-state index contributed by atoms with van der Waals surface area (Å²) in [5.41, 5.74) is 1.10. The third-order valence-electron chi connectivity index (χ3n) is 4.86. The third-order valence-corrected chi connectivity index (χ3v) is 7.36. The van der Waals surface area contributed by atoms with Crippen molar-refractivity contribution in [3.63, 3.8) is 0 Å². The molecule has 3 aromatic rings. The van der Waals surface area contributed by atoms with E-state index in [-0.39, 0.29) is 16.6 Å². The zero-order valence-corrected chi connectivity index (χ0v) is 20.0. The highest BCUT2D eigenvalue weighted by atomic mass is 35.5. The molecule has 2 heterocycles. The second kappa shape index (κ2) is 9.47. The molecule has 0 saturated carbocycles. The van der Waals surface area contributed by atoms with Crippen molar-refractivity contribution in [2.75, 3.05) is 39.5 Å². The number of hydrogen-bond acceptors (Lipinski definition) is 7. The van der Waals surface area contributed by atoms with E-state index in [0.717, 1.165) is 30.4 Å². The minimum atomic E-state index is -3.86. The number of hydrogen-bond donors (Lipinski definition) is 1. The molecular weight excluding hydrogens is 438 g/mol. The zero-order chi connectivity index (χ0) is 22.8. The average molecular weight is 466 g/mol. The summed E-state index contributed by atoms with van der Waals surface area (Å²) < 4.78 is 28.8. The van der Waals surface area contributed by atoms with Crippen LogP contribution >= 0.6 is 11.6 Å². The first-order chi connectivity index (χ1) is 14.6. The summed E-state index contributed by atoms with van der Waals surface area (Å²) in [4.78, 5) is 11.3. The lowest BCUT2D eigenvalue weighted by atomic mass is 10.2. The lowest BCUT2D eigenvalue weighted by Crippen LogP contribution is -2.28. The molecule has 0 radical (unpaired) electrons. The molecule has 0 aliphatic heterocycles. The topological polar surface area (TPSA) is 96.2 Å². The van der Waals surface area contributed by atoms with Crippen LogP contribution in [0.2, 0.25) is 5.15 Å². The number of nitrogens with zero attached hydrogens (tertiary/aromatic N) is 6. The second-order valence-corrected chi connectivity index (χ2v) is 10.0. The molecule has 0 bridgehead atoms. The molecule has 1 N–H and O–H groups in total. The van der Waals surface area contributed by atoms with E-state index in [1.54, 1.807) is 14.0 Å². The molecule has 0 aliphatic carbocycles. The first kappa shape index (κ1) is 23.4. The van der Waals surface area contributed by atoms with E-state index in [2.05, 4.69) is 25.3 Å². The van der Waals surface area contributed by atoms with Gasteiger partial charge in [0.2, 0.25) is 10.0 Å². The van der Waals surface area contributed by atoms with E-state index in [4.69, 9.17) is 11.6 Å². The Hall–Kier alpha value is -2.27. The number of anilines is 1. The summed E-state index contributed by atoms with van der Waals surface area (Å²) in [5, 5.41) is 8.45. The summed E-state index contributed by atoms with van der Waals surface area (Å²) in [7, 11) is 3.30. The van der Waals surface area contributed by atoms with Crippen LogP contribution in [0.1, 0.15) is 17.9 Å². The molecule has 2 aromatic heterocycles. The van der Waals surface area contributed by atoms with Gasteiger partial charge < -0.3 is 10.2 Å². The van der Waals surface area contributed by atoms with Crippen molar-refractivity contribution >= 4 is 38.3 Å². The highest BCUT2D eigenvalue weighted by Gasteiger charge is 2.30. The summed E-state index contributed by atoms with van der Waals surface area (Å²) in [6.45, 7) is 3.32. The van der Waals surface area contributed by atoms with E-state index in [9.17, 15) is 8.42 Å². The number of aryl methyl sites for hydroxylation is 2. The van der Waals surface area contributed by atoms with Crippen molar-refractivity contribution in [3.05, 3.63) is 40.9 Å². The molecule has 0 spiro atoms. The van der Waals surface area contributed by atoms with Gasteiger partial charge in [-0.05, 0) is 46.1 Å². The molecule has 31 heavy (non-hydrogen) atoms. The van der Waals surface area contributed by atoms with E-state index >= 15 is 0 Å². The molecule has 0 unspecified atom stereocenters. The van der Waals surface area contributed by atoms with Crippen molar-refractivity contribution in [1.29, 1.82) is 0 Å². The molecule has 0 saturated heterocycles. The van der Waals surface area contributed by atoms with Crippen LogP contribution in [0.3, 0.4) is 0 Å². The van der Waals surface area contributed by atoms with Crippen LogP contribution in [0.4, 0.5) is 5.82 Å². The van der Waals surface area contributed by atoms with Crippen LogP contribution in [-0.4, -0.2) is 71.6 Å². The van der Waals surface area contributed by atoms with Crippen molar-refractivity contribution in [3.8, 4) is 0 Å². The van der Waals surface area contributed by atoms with Gasteiger partial charge in [0.05, 0.1) is 17.8 Å². The maximum absolute atomic E-state index is 13.1. The number of fused-ring (bicyclic) bond motifs is 1. The van der Waals surface area contributed by atoms with Crippen molar-refractivity contribution in [2.45, 2.75) is 24.8 Å². The van der Waals surface area contributed by atoms with Gasteiger partial charge in [-0.3, -0.25) is 4.68 Å². The van der Waals surface area contributed by atoms with Crippen molar-refractivity contribution in [1.82, 2.24) is 29.0 Å². The Labute approximate surface area is 188 Å². The van der Waals surface area contributed by atoms with Gasteiger partial charge in [-0.15, -0.1) is 0 Å². The molecule has 0 fully saturated rings. The van der Waals surface area contributed by atoms with Crippen LogP contribution in [0.15, 0.2) is 29.2 Å². The van der Waals surface area contributed by atoms with Crippen LogP contribution in [0.25, 0.3) is 10.9 Å². The van der Waals surface area contributed by atoms with Gasteiger partial charge in [0, 0.05) is 26.0 Å². The molecule has 9 nitrogen and oxygen atoms in total. The predicted octanol–water partition coefficient (Wildman–Crippen LogP) is 2.51. The fraction of sp³-hybridized carbons (Fsp3) is 0.450. The van der Waals surface area contributed by atoms with Gasteiger partial charge in [-0.2, -0.15) is 9.40 Å². The van der Waals surface area contributed by atoms with Gasteiger partial charge in [-0.25, -0.2) is 18.4 Å². The molecule has 3 rings (SSSR count). The Kier molecular flexibility index (Phi) is 7.15. The Bertz CT molecular complexity index is 1180. The molecule has 0 aliphatic rings. The second-order valence-electron chi connectivity index (χ2n) is 7.68. The molecule has 1 aromatic carbocycles. The van der Waals surface area contributed by atoms with Gasteiger partial charge in [-0.1, -0.05) is 23.7 Å². The quantitative estimate of drug-likeness (QED) is 0.485. The Morgan fingerprint density at radius 1 is 1.16 bits per heavy atom. The van der Waals surface area contributed by atoms with E-state index in [1.807, 2.05) is 38.4 Å². The predicted molar refractivity (Wildman–Crippen MR) is 123 cm³/mol. The molecule has 0 amide bonds. The van der Waals surface area contributed by atoms with Crippen LogP contribution in [0.5, 0.6) is 0 Å². The maximum Gasteiger partial charge on any atom is 0.248 e. The number of aromatic nitrogens is 4. The smallest absolute Gasteiger partial charge is 0.248 e. The van der Waals surface area contributed by atoms with Crippen LogP contribution < -0.4 is 5.32 Å². The van der Waals surface area contributed by atoms with Gasteiger partial charge in [0.1, 0.15) is 21.7 Å². The van der Waals surface area contributed by atoms with Crippen molar-refractivity contribution < 1.29 is 8.42 Å². The standard InChI is InChI=1S/C20H28ClN7O2S/c1-14-18(19(21)28(5)25-14)31(29,30)27(4)13-17-23-16-10-7-6-9-15(16)20(24-17)22-11-8-12-26(2)3/h6-7,9-10H,8,11-13H2,1-5H3,(H,22,23,24). The number of rotatable bonds is 9. The fourth-order valence-electron chi connectivity index (χ4n) is 3.28. The Balaban J connectivity index is 1.88. The number of nitrogens with one attached hydrogen (secondary N) is 1. The first-order valence-electron chi connectivity index (χ1n) is 9.91. The van der Waals surface area contributed by atoms with E-state index in [1.165, 1.54) is 16.0 Å². The SMILES string of the molecule is Cc1nn(C)c(Cl)c1S(=O)(=O)N(C)Cc1nc(NCCCN(C)C)c2ccccc2n1. The number of para-hydroxylation sites is 1. The van der Waals surface area contributed by atoms with Crippen LogP contribution in [0, 0.1) is 6.92 Å². The largest absolute Gasteiger partial charge is 0.369 e.